The van der Waals surface area contributed by atoms with Crippen molar-refractivity contribution < 1.29 is 9.90 Å². The largest absolute Gasteiger partial charge is 0.481 e. The van der Waals surface area contributed by atoms with Crippen LogP contribution in [0.5, 0.6) is 0 Å². The molecule has 0 radical (unpaired) electrons. The molecule has 0 aliphatic carbocycles. The maximum atomic E-state index is 11.0. The molecule has 0 unspecified atom stereocenters. The first-order valence-electron chi connectivity index (χ1n) is 4.33. The predicted octanol–water partition coefficient (Wildman–Crippen LogP) is 2.70. The lowest BCUT2D eigenvalue weighted by Gasteiger charge is -2.29. The van der Waals surface area contributed by atoms with Crippen molar-refractivity contribution in [2.24, 2.45) is 11.3 Å². The van der Waals surface area contributed by atoms with Crippen molar-refractivity contribution in [3.8, 4) is 0 Å². The predicted molar refractivity (Wildman–Crippen MR) is 50.0 cm³/mol. The molecule has 0 amide bonds. The number of allylic oxidation sites excluding steroid dienone is 1. The molecule has 0 aromatic carbocycles. The Bertz CT molecular complexity index is 175. The van der Waals surface area contributed by atoms with Crippen LogP contribution in [0, 0.1) is 11.3 Å². The lowest BCUT2D eigenvalue weighted by Crippen LogP contribution is -2.33. The zero-order valence-electron chi connectivity index (χ0n) is 8.13. The first kappa shape index (κ1) is 11.2. The molecule has 70 valence electrons. The Morgan fingerprint density at radius 3 is 2.50 bits per heavy atom. The van der Waals surface area contributed by atoms with E-state index in [1.807, 2.05) is 13.8 Å². The molecule has 0 rings (SSSR count). The van der Waals surface area contributed by atoms with Crippen molar-refractivity contribution >= 4 is 5.97 Å². The van der Waals surface area contributed by atoms with Crippen LogP contribution in [0.2, 0.25) is 0 Å². The summed E-state index contributed by atoms with van der Waals surface area (Å²) in [5, 5.41) is 9.02. The highest BCUT2D eigenvalue weighted by Crippen LogP contribution is 2.33. The highest BCUT2D eigenvalue weighted by molar-refractivity contribution is 5.74. The Morgan fingerprint density at radius 2 is 2.25 bits per heavy atom. The molecule has 0 heterocycles. The van der Waals surface area contributed by atoms with Crippen LogP contribution in [0.25, 0.3) is 0 Å². The molecule has 2 atom stereocenters. The van der Waals surface area contributed by atoms with Crippen LogP contribution >= 0.6 is 0 Å². The summed E-state index contributed by atoms with van der Waals surface area (Å²) in [4.78, 5) is 11.0. The van der Waals surface area contributed by atoms with Crippen LogP contribution in [-0.4, -0.2) is 11.1 Å². The van der Waals surface area contributed by atoms with Crippen LogP contribution in [0.4, 0.5) is 0 Å². The number of rotatable bonds is 5. The van der Waals surface area contributed by atoms with Gasteiger partial charge < -0.3 is 5.11 Å². The van der Waals surface area contributed by atoms with Gasteiger partial charge in [-0.05, 0) is 19.3 Å². The van der Waals surface area contributed by atoms with Crippen LogP contribution < -0.4 is 0 Å². The SMILES string of the molecule is C=CC[C@@](C)(C(=O)O)[C@H](C)CC. The summed E-state index contributed by atoms with van der Waals surface area (Å²) >= 11 is 0. The number of aliphatic carboxylic acids is 1. The van der Waals surface area contributed by atoms with Gasteiger partial charge in [0.15, 0.2) is 0 Å². The summed E-state index contributed by atoms with van der Waals surface area (Å²) in [5.41, 5.74) is -0.642. The number of carboxylic acids is 1. The molecule has 2 nitrogen and oxygen atoms in total. The second-order valence-electron chi connectivity index (χ2n) is 3.52. The van der Waals surface area contributed by atoms with Crippen molar-refractivity contribution in [3.05, 3.63) is 12.7 Å². The number of carbonyl (C=O) groups is 1. The van der Waals surface area contributed by atoms with E-state index in [9.17, 15) is 4.79 Å². The molecular formula is C10H18O2. The third kappa shape index (κ3) is 2.10. The maximum Gasteiger partial charge on any atom is 0.309 e. The maximum absolute atomic E-state index is 11.0. The van der Waals surface area contributed by atoms with Gasteiger partial charge in [0.2, 0.25) is 0 Å². The van der Waals surface area contributed by atoms with Gasteiger partial charge in [-0.2, -0.15) is 0 Å². The van der Waals surface area contributed by atoms with E-state index in [4.69, 9.17) is 5.11 Å². The molecular weight excluding hydrogens is 152 g/mol. The molecule has 0 aromatic heterocycles. The monoisotopic (exact) mass is 170 g/mol. The van der Waals surface area contributed by atoms with Gasteiger partial charge in [-0.1, -0.05) is 26.3 Å². The molecule has 0 aromatic rings. The van der Waals surface area contributed by atoms with Crippen molar-refractivity contribution in [1.82, 2.24) is 0 Å². The molecule has 2 heteroatoms. The van der Waals surface area contributed by atoms with E-state index in [0.29, 0.717) is 6.42 Å². The second-order valence-corrected chi connectivity index (χ2v) is 3.52. The smallest absolute Gasteiger partial charge is 0.309 e. The van der Waals surface area contributed by atoms with Gasteiger partial charge in [-0.3, -0.25) is 4.79 Å². The van der Waals surface area contributed by atoms with Crippen LogP contribution in [0.3, 0.4) is 0 Å². The molecule has 0 fully saturated rings. The van der Waals surface area contributed by atoms with E-state index in [1.54, 1.807) is 13.0 Å². The molecule has 0 aliphatic rings. The standard InChI is InChI=1S/C10H18O2/c1-5-7-10(4,9(11)12)8(3)6-2/h5,8H,1,6-7H2,2-4H3,(H,11,12)/t8-,10-/m1/s1. The highest BCUT2D eigenvalue weighted by atomic mass is 16.4. The van der Waals surface area contributed by atoms with Gasteiger partial charge in [0.05, 0.1) is 5.41 Å². The summed E-state index contributed by atoms with van der Waals surface area (Å²) in [6, 6.07) is 0. The lowest BCUT2D eigenvalue weighted by atomic mass is 9.74. The Kier molecular flexibility index (Phi) is 4.01. The Balaban J connectivity index is 4.59. The van der Waals surface area contributed by atoms with Crippen LogP contribution in [0.15, 0.2) is 12.7 Å². The fourth-order valence-corrected chi connectivity index (χ4v) is 1.25. The van der Waals surface area contributed by atoms with E-state index >= 15 is 0 Å². The van der Waals surface area contributed by atoms with Gasteiger partial charge >= 0.3 is 5.97 Å². The van der Waals surface area contributed by atoms with Gasteiger partial charge in [-0.15, -0.1) is 6.58 Å². The summed E-state index contributed by atoms with van der Waals surface area (Å²) in [6.07, 6.45) is 3.11. The van der Waals surface area contributed by atoms with Crippen molar-refractivity contribution in [2.75, 3.05) is 0 Å². The number of carboxylic acid groups (broad SMARTS) is 1. The highest BCUT2D eigenvalue weighted by Gasteiger charge is 2.36. The third-order valence-corrected chi connectivity index (χ3v) is 2.76. The van der Waals surface area contributed by atoms with Crippen molar-refractivity contribution in [1.29, 1.82) is 0 Å². The Morgan fingerprint density at radius 1 is 1.75 bits per heavy atom. The number of hydrogen-bond acceptors (Lipinski definition) is 1. The Labute approximate surface area is 74.3 Å². The first-order chi connectivity index (χ1) is 5.49. The average Bonchev–Trinajstić information content (AvgIpc) is 2.03. The van der Waals surface area contributed by atoms with E-state index in [-0.39, 0.29) is 5.92 Å². The number of hydrogen-bond donors (Lipinski definition) is 1. The fourth-order valence-electron chi connectivity index (χ4n) is 1.25. The van der Waals surface area contributed by atoms with Crippen molar-refractivity contribution in [3.63, 3.8) is 0 Å². The first-order valence-corrected chi connectivity index (χ1v) is 4.33. The fraction of sp³-hybridized carbons (Fsp3) is 0.700. The van der Waals surface area contributed by atoms with Crippen LogP contribution in [-0.2, 0) is 4.79 Å². The molecule has 0 bridgehead atoms. The van der Waals surface area contributed by atoms with Gasteiger partial charge in [0.25, 0.3) is 0 Å². The lowest BCUT2D eigenvalue weighted by molar-refractivity contribution is -0.150. The molecule has 0 spiro atoms. The van der Waals surface area contributed by atoms with Gasteiger partial charge in [-0.25, -0.2) is 0 Å². The normalized spacial score (nSPS) is 17.9. The zero-order chi connectivity index (χ0) is 9.78. The third-order valence-electron chi connectivity index (χ3n) is 2.76. The Hall–Kier alpha value is -0.790. The summed E-state index contributed by atoms with van der Waals surface area (Å²) in [6.45, 7) is 9.34. The minimum absolute atomic E-state index is 0.188. The topological polar surface area (TPSA) is 37.3 Å². The molecule has 1 N–H and O–H groups in total. The summed E-state index contributed by atoms with van der Waals surface area (Å²) in [7, 11) is 0. The molecule has 0 saturated heterocycles. The van der Waals surface area contributed by atoms with E-state index in [1.165, 1.54) is 0 Å². The molecule has 0 saturated carbocycles. The second kappa shape index (κ2) is 4.29. The van der Waals surface area contributed by atoms with E-state index < -0.39 is 11.4 Å². The average molecular weight is 170 g/mol. The zero-order valence-corrected chi connectivity index (χ0v) is 8.13. The van der Waals surface area contributed by atoms with Gasteiger partial charge in [0.1, 0.15) is 0 Å². The van der Waals surface area contributed by atoms with Crippen molar-refractivity contribution in [2.45, 2.75) is 33.6 Å². The van der Waals surface area contributed by atoms with E-state index in [0.717, 1.165) is 6.42 Å². The van der Waals surface area contributed by atoms with E-state index in [2.05, 4.69) is 6.58 Å². The van der Waals surface area contributed by atoms with Gasteiger partial charge in [0, 0.05) is 0 Å². The minimum atomic E-state index is -0.725. The molecule has 0 aliphatic heterocycles. The summed E-state index contributed by atoms with van der Waals surface area (Å²) in [5.74, 6) is -0.537. The van der Waals surface area contributed by atoms with Crippen LogP contribution in [0.1, 0.15) is 33.6 Å². The minimum Gasteiger partial charge on any atom is -0.481 e. The summed E-state index contributed by atoms with van der Waals surface area (Å²) < 4.78 is 0. The molecule has 12 heavy (non-hydrogen) atoms. The quantitative estimate of drug-likeness (QED) is 0.644.